The van der Waals surface area contributed by atoms with Crippen molar-refractivity contribution in [2.45, 2.75) is 33.1 Å². The SMILES string of the molecule is CCCCN(C)C(=O)Cc1oc2ccc(F)cc2c1C. The van der Waals surface area contributed by atoms with Gasteiger partial charge >= 0.3 is 0 Å². The lowest BCUT2D eigenvalue weighted by atomic mass is 10.1. The Balaban J connectivity index is 2.17. The van der Waals surface area contributed by atoms with Crippen LogP contribution in [-0.4, -0.2) is 24.4 Å². The van der Waals surface area contributed by atoms with Crippen molar-refractivity contribution in [1.82, 2.24) is 4.90 Å². The standard InChI is InChI=1S/C16H20FNO2/c1-4-5-8-18(3)16(19)10-15-11(2)13-9-12(17)6-7-14(13)20-15/h6-7,9H,4-5,8,10H2,1-3H3. The first-order chi connectivity index (χ1) is 9.52. The van der Waals surface area contributed by atoms with Gasteiger partial charge in [-0.25, -0.2) is 4.39 Å². The molecule has 0 saturated heterocycles. The van der Waals surface area contributed by atoms with Gasteiger partial charge in [-0.1, -0.05) is 13.3 Å². The smallest absolute Gasteiger partial charge is 0.229 e. The summed E-state index contributed by atoms with van der Waals surface area (Å²) in [4.78, 5) is 13.8. The number of amides is 1. The maximum absolute atomic E-state index is 13.2. The van der Waals surface area contributed by atoms with Crippen LogP contribution in [-0.2, 0) is 11.2 Å². The summed E-state index contributed by atoms with van der Waals surface area (Å²) in [5.41, 5.74) is 1.47. The summed E-state index contributed by atoms with van der Waals surface area (Å²) in [5, 5.41) is 0.740. The Labute approximate surface area is 118 Å². The predicted molar refractivity (Wildman–Crippen MR) is 77.2 cm³/mol. The van der Waals surface area contributed by atoms with Gasteiger partial charge in [0.05, 0.1) is 6.42 Å². The van der Waals surface area contributed by atoms with E-state index in [1.54, 1.807) is 18.0 Å². The third kappa shape index (κ3) is 3.00. The lowest BCUT2D eigenvalue weighted by molar-refractivity contribution is -0.129. The molecule has 3 nitrogen and oxygen atoms in total. The van der Waals surface area contributed by atoms with Gasteiger partial charge in [0, 0.05) is 19.0 Å². The van der Waals surface area contributed by atoms with Crippen LogP contribution < -0.4 is 0 Å². The molecule has 2 aromatic rings. The number of nitrogens with zero attached hydrogens (tertiary/aromatic N) is 1. The number of furan rings is 1. The number of unbranched alkanes of at least 4 members (excludes halogenated alkanes) is 1. The maximum atomic E-state index is 13.2. The number of likely N-dealkylation sites (N-methyl/N-ethyl adjacent to an activating group) is 1. The second-order valence-corrected chi connectivity index (χ2v) is 5.14. The first kappa shape index (κ1) is 14.6. The number of rotatable bonds is 5. The first-order valence-electron chi connectivity index (χ1n) is 6.94. The highest BCUT2D eigenvalue weighted by Gasteiger charge is 2.16. The Hall–Kier alpha value is -1.84. The molecular weight excluding hydrogens is 257 g/mol. The highest BCUT2D eigenvalue weighted by molar-refractivity contribution is 5.85. The number of hydrogen-bond donors (Lipinski definition) is 0. The topological polar surface area (TPSA) is 33.5 Å². The number of halogens is 1. The predicted octanol–water partition coefficient (Wildman–Crippen LogP) is 3.68. The number of hydrogen-bond acceptors (Lipinski definition) is 2. The molecule has 0 spiro atoms. The second-order valence-electron chi connectivity index (χ2n) is 5.14. The van der Waals surface area contributed by atoms with Crippen LogP contribution in [0.2, 0.25) is 0 Å². The number of carbonyl (C=O) groups excluding carboxylic acids is 1. The number of carbonyl (C=O) groups is 1. The lowest BCUT2D eigenvalue weighted by Crippen LogP contribution is -2.29. The Kier molecular flexibility index (Phi) is 4.42. The zero-order chi connectivity index (χ0) is 14.7. The molecule has 1 aromatic heterocycles. The highest BCUT2D eigenvalue weighted by atomic mass is 19.1. The minimum atomic E-state index is -0.292. The molecule has 2 rings (SSSR count). The lowest BCUT2D eigenvalue weighted by Gasteiger charge is -2.16. The van der Waals surface area contributed by atoms with Gasteiger partial charge in [0.1, 0.15) is 17.2 Å². The molecule has 0 aliphatic heterocycles. The molecule has 0 atom stereocenters. The normalized spacial score (nSPS) is 11.0. The molecule has 20 heavy (non-hydrogen) atoms. The van der Waals surface area contributed by atoms with Crippen LogP contribution in [0.15, 0.2) is 22.6 Å². The van der Waals surface area contributed by atoms with Gasteiger partial charge in [0.25, 0.3) is 0 Å². The van der Waals surface area contributed by atoms with Crippen molar-refractivity contribution in [2.24, 2.45) is 0 Å². The van der Waals surface area contributed by atoms with Crippen molar-refractivity contribution in [2.75, 3.05) is 13.6 Å². The van der Waals surface area contributed by atoms with Crippen LogP contribution in [0.1, 0.15) is 31.1 Å². The van der Waals surface area contributed by atoms with Gasteiger partial charge in [0.2, 0.25) is 5.91 Å². The van der Waals surface area contributed by atoms with Crippen LogP contribution in [0.25, 0.3) is 11.0 Å². The van der Waals surface area contributed by atoms with Gasteiger partial charge < -0.3 is 9.32 Å². The summed E-state index contributed by atoms with van der Waals surface area (Å²) in [7, 11) is 1.80. The first-order valence-corrected chi connectivity index (χ1v) is 6.94. The van der Waals surface area contributed by atoms with Crippen molar-refractivity contribution in [3.05, 3.63) is 35.3 Å². The van der Waals surface area contributed by atoms with Crippen LogP contribution in [0.5, 0.6) is 0 Å². The summed E-state index contributed by atoms with van der Waals surface area (Å²) in [5.74, 6) is 0.361. The molecule has 0 aliphatic rings. The highest BCUT2D eigenvalue weighted by Crippen LogP contribution is 2.26. The van der Waals surface area contributed by atoms with Gasteiger partial charge in [-0.2, -0.15) is 0 Å². The summed E-state index contributed by atoms with van der Waals surface area (Å²) in [6.45, 7) is 4.71. The molecule has 1 heterocycles. The quantitative estimate of drug-likeness (QED) is 0.835. The van der Waals surface area contributed by atoms with Crippen molar-refractivity contribution in [3.8, 4) is 0 Å². The summed E-state index contributed by atoms with van der Waals surface area (Å²) >= 11 is 0. The van der Waals surface area contributed by atoms with E-state index in [4.69, 9.17) is 4.42 Å². The fourth-order valence-corrected chi connectivity index (χ4v) is 2.20. The molecule has 0 radical (unpaired) electrons. The minimum Gasteiger partial charge on any atom is -0.460 e. The third-order valence-corrected chi connectivity index (χ3v) is 3.58. The van der Waals surface area contributed by atoms with Crippen molar-refractivity contribution in [1.29, 1.82) is 0 Å². The maximum Gasteiger partial charge on any atom is 0.229 e. The van der Waals surface area contributed by atoms with E-state index in [9.17, 15) is 9.18 Å². The average molecular weight is 277 g/mol. The van der Waals surface area contributed by atoms with Crippen molar-refractivity contribution < 1.29 is 13.6 Å². The van der Waals surface area contributed by atoms with E-state index >= 15 is 0 Å². The molecule has 0 unspecified atom stereocenters. The number of aryl methyl sites for hydroxylation is 1. The van der Waals surface area contributed by atoms with E-state index in [2.05, 4.69) is 6.92 Å². The molecule has 0 fully saturated rings. The molecule has 4 heteroatoms. The minimum absolute atomic E-state index is 0.0288. The molecule has 0 bridgehead atoms. The summed E-state index contributed by atoms with van der Waals surface area (Å²) < 4.78 is 18.9. The molecule has 0 aliphatic carbocycles. The van der Waals surface area contributed by atoms with Gasteiger partial charge in [-0.3, -0.25) is 4.79 Å². The monoisotopic (exact) mass is 277 g/mol. The van der Waals surface area contributed by atoms with Crippen LogP contribution in [0.3, 0.4) is 0 Å². The van der Waals surface area contributed by atoms with E-state index < -0.39 is 0 Å². The van der Waals surface area contributed by atoms with E-state index in [-0.39, 0.29) is 18.1 Å². The second kappa shape index (κ2) is 6.07. The molecule has 0 N–H and O–H groups in total. The van der Waals surface area contributed by atoms with Crippen LogP contribution in [0.4, 0.5) is 4.39 Å². The number of benzene rings is 1. The molecule has 1 aromatic carbocycles. The Morgan fingerprint density at radius 3 is 2.85 bits per heavy atom. The average Bonchev–Trinajstić information content (AvgIpc) is 2.73. The molecule has 108 valence electrons. The van der Waals surface area contributed by atoms with Gasteiger partial charge in [0.15, 0.2) is 0 Å². The Morgan fingerprint density at radius 1 is 1.40 bits per heavy atom. The van der Waals surface area contributed by atoms with Crippen LogP contribution >= 0.6 is 0 Å². The third-order valence-electron chi connectivity index (χ3n) is 3.58. The number of fused-ring (bicyclic) bond motifs is 1. The van der Waals surface area contributed by atoms with Crippen molar-refractivity contribution >= 4 is 16.9 Å². The molecule has 0 saturated carbocycles. The van der Waals surface area contributed by atoms with E-state index in [0.717, 1.165) is 30.3 Å². The van der Waals surface area contributed by atoms with Gasteiger partial charge in [-0.15, -0.1) is 0 Å². The van der Waals surface area contributed by atoms with Crippen LogP contribution in [0, 0.1) is 12.7 Å². The Bertz CT molecular complexity index is 618. The zero-order valence-electron chi connectivity index (χ0n) is 12.2. The summed E-state index contributed by atoms with van der Waals surface area (Å²) in [6, 6.07) is 4.42. The Morgan fingerprint density at radius 2 is 2.15 bits per heavy atom. The fraction of sp³-hybridized carbons (Fsp3) is 0.438. The van der Waals surface area contributed by atoms with Gasteiger partial charge in [-0.05, 0) is 37.1 Å². The van der Waals surface area contributed by atoms with Crippen molar-refractivity contribution in [3.63, 3.8) is 0 Å². The van der Waals surface area contributed by atoms with E-state index in [1.807, 2.05) is 6.92 Å². The molecular formula is C16H20FNO2. The van der Waals surface area contributed by atoms with E-state index in [1.165, 1.54) is 12.1 Å². The summed E-state index contributed by atoms with van der Waals surface area (Å²) in [6.07, 6.45) is 2.27. The largest absolute Gasteiger partial charge is 0.460 e. The molecule has 1 amide bonds. The fourth-order valence-electron chi connectivity index (χ4n) is 2.20. The van der Waals surface area contributed by atoms with E-state index in [0.29, 0.717) is 11.3 Å². The zero-order valence-corrected chi connectivity index (χ0v) is 12.2.